The molecule has 2 aromatic carbocycles. The first-order valence-corrected chi connectivity index (χ1v) is 8.46. The number of benzene rings is 2. The van der Waals surface area contributed by atoms with Gasteiger partial charge in [-0.2, -0.15) is 0 Å². The standard InChI is InChI=1S/C20H19ClN2O/c1-2-14-6-8-16(9-7-14)13-18-20(24)23-19(22-18)11-10-15-4-3-5-17(21)12-15/h3-9,12-13H,2,10-11H2,1H3,(H,22,23,24)/b18-13+. The van der Waals surface area contributed by atoms with E-state index >= 15 is 0 Å². The van der Waals surface area contributed by atoms with Gasteiger partial charge < -0.3 is 5.32 Å². The Balaban J connectivity index is 1.69. The molecule has 0 radical (unpaired) electrons. The molecule has 0 saturated heterocycles. The van der Waals surface area contributed by atoms with Crippen LogP contribution < -0.4 is 5.32 Å². The van der Waals surface area contributed by atoms with Gasteiger partial charge in [0.25, 0.3) is 5.91 Å². The van der Waals surface area contributed by atoms with E-state index in [0.29, 0.717) is 18.0 Å². The third-order valence-electron chi connectivity index (χ3n) is 3.98. The molecule has 3 rings (SSSR count). The third kappa shape index (κ3) is 4.12. The van der Waals surface area contributed by atoms with Crippen LogP contribution in [0.3, 0.4) is 0 Å². The van der Waals surface area contributed by atoms with E-state index < -0.39 is 0 Å². The average Bonchev–Trinajstić information content (AvgIpc) is 2.94. The van der Waals surface area contributed by atoms with E-state index in [0.717, 1.165) is 29.0 Å². The molecule has 4 heteroatoms. The first-order valence-electron chi connectivity index (χ1n) is 8.08. The summed E-state index contributed by atoms with van der Waals surface area (Å²) in [7, 11) is 0. The van der Waals surface area contributed by atoms with E-state index in [1.54, 1.807) is 0 Å². The van der Waals surface area contributed by atoms with Crippen LogP contribution in [0.15, 0.2) is 59.2 Å². The maximum atomic E-state index is 12.1. The van der Waals surface area contributed by atoms with Crippen molar-refractivity contribution in [3.05, 3.63) is 75.9 Å². The maximum absolute atomic E-state index is 12.1. The highest BCUT2D eigenvalue weighted by molar-refractivity contribution is 6.30. The van der Waals surface area contributed by atoms with Crippen LogP contribution in [0.5, 0.6) is 0 Å². The number of amidine groups is 1. The molecule has 0 bridgehead atoms. The van der Waals surface area contributed by atoms with Crippen LogP contribution >= 0.6 is 11.6 Å². The van der Waals surface area contributed by atoms with Gasteiger partial charge in [-0.05, 0) is 47.7 Å². The Hall–Kier alpha value is -2.39. The minimum Gasteiger partial charge on any atom is -0.309 e. The molecule has 0 atom stereocenters. The van der Waals surface area contributed by atoms with E-state index in [1.165, 1.54) is 5.56 Å². The van der Waals surface area contributed by atoms with Crippen LogP contribution in [0.2, 0.25) is 5.02 Å². The second kappa shape index (κ2) is 7.45. The Morgan fingerprint density at radius 2 is 1.88 bits per heavy atom. The summed E-state index contributed by atoms with van der Waals surface area (Å²) in [4.78, 5) is 16.5. The number of hydrogen-bond donors (Lipinski definition) is 1. The fourth-order valence-electron chi connectivity index (χ4n) is 2.60. The molecule has 0 fully saturated rings. The van der Waals surface area contributed by atoms with Crippen molar-refractivity contribution in [2.75, 3.05) is 0 Å². The van der Waals surface area contributed by atoms with E-state index in [-0.39, 0.29) is 5.91 Å². The van der Waals surface area contributed by atoms with Crippen molar-refractivity contribution in [2.24, 2.45) is 4.99 Å². The lowest BCUT2D eigenvalue weighted by atomic mass is 10.1. The highest BCUT2D eigenvalue weighted by Crippen LogP contribution is 2.16. The van der Waals surface area contributed by atoms with Crippen LogP contribution in [0, 0.1) is 0 Å². The molecule has 0 aliphatic carbocycles. The number of nitrogens with one attached hydrogen (secondary N) is 1. The SMILES string of the molecule is CCc1ccc(/C=C2/N=C(CCc3cccc(Cl)c3)NC2=O)cc1. The molecule has 0 aromatic heterocycles. The molecule has 0 unspecified atom stereocenters. The number of aliphatic imine (C=N–C) groups is 1. The zero-order valence-electron chi connectivity index (χ0n) is 13.6. The molecule has 1 aliphatic heterocycles. The Kier molecular flexibility index (Phi) is 5.11. The Morgan fingerprint density at radius 1 is 1.08 bits per heavy atom. The first kappa shape index (κ1) is 16.5. The van der Waals surface area contributed by atoms with E-state index in [4.69, 9.17) is 11.6 Å². The Labute approximate surface area is 147 Å². The van der Waals surface area contributed by atoms with Gasteiger partial charge in [-0.25, -0.2) is 4.99 Å². The summed E-state index contributed by atoms with van der Waals surface area (Å²) in [6.45, 7) is 2.12. The fourth-order valence-corrected chi connectivity index (χ4v) is 2.81. The molecule has 2 aromatic rings. The van der Waals surface area contributed by atoms with Gasteiger partial charge in [-0.1, -0.05) is 54.9 Å². The first-order chi connectivity index (χ1) is 11.6. The van der Waals surface area contributed by atoms with Crippen LogP contribution in [0.25, 0.3) is 6.08 Å². The van der Waals surface area contributed by atoms with Gasteiger partial charge in [0.2, 0.25) is 0 Å². The number of aryl methyl sites for hydroxylation is 2. The second-order valence-corrected chi connectivity index (χ2v) is 6.20. The van der Waals surface area contributed by atoms with Crippen LogP contribution in [-0.2, 0) is 17.6 Å². The van der Waals surface area contributed by atoms with Gasteiger partial charge in [-0.3, -0.25) is 4.79 Å². The van der Waals surface area contributed by atoms with E-state index in [1.807, 2.05) is 42.5 Å². The summed E-state index contributed by atoms with van der Waals surface area (Å²) < 4.78 is 0. The lowest BCUT2D eigenvalue weighted by Crippen LogP contribution is -2.24. The number of nitrogens with zero attached hydrogens (tertiary/aromatic N) is 1. The number of carbonyl (C=O) groups is 1. The molecular weight excluding hydrogens is 320 g/mol. The minimum atomic E-state index is -0.143. The van der Waals surface area contributed by atoms with Crippen molar-refractivity contribution in [1.82, 2.24) is 5.32 Å². The summed E-state index contributed by atoms with van der Waals surface area (Å²) >= 11 is 5.99. The zero-order chi connectivity index (χ0) is 16.9. The average molecular weight is 339 g/mol. The molecular formula is C20H19ClN2O. The molecule has 1 amide bonds. The lowest BCUT2D eigenvalue weighted by molar-refractivity contribution is -0.115. The topological polar surface area (TPSA) is 41.5 Å². The predicted octanol–water partition coefficient (Wildman–Crippen LogP) is 4.40. The lowest BCUT2D eigenvalue weighted by Gasteiger charge is -2.01. The normalized spacial score (nSPS) is 15.5. The summed E-state index contributed by atoms with van der Waals surface area (Å²) in [5.41, 5.74) is 3.85. The van der Waals surface area contributed by atoms with E-state index in [2.05, 4.69) is 29.4 Å². The van der Waals surface area contributed by atoms with Crippen molar-refractivity contribution in [2.45, 2.75) is 26.2 Å². The predicted molar refractivity (Wildman–Crippen MR) is 99.1 cm³/mol. The number of amides is 1. The Bertz CT molecular complexity index is 807. The summed E-state index contributed by atoms with van der Waals surface area (Å²) in [5, 5.41) is 3.56. The van der Waals surface area contributed by atoms with Crippen LogP contribution in [0.4, 0.5) is 0 Å². The molecule has 0 saturated carbocycles. The van der Waals surface area contributed by atoms with Gasteiger partial charge in [0.15, 0.2) is 0 Å². The number of hydrogen-bond acceptors (Lipinski definition) is 2. The van der Waals surface area contributed by atoms with Crippen LogP contribution in [-0.4, -0.2) is 11.7 Å². The largest absolute Gasteiger partial charge is 0.309 e. The van der Waals surface area contributed by atoms with Gasteiger partial charge in [-0.15, -0.1) is 0 Å². The second-order valence-electron chi connectivity index (χ2n) is 5.77. The number of carbonyl (C=O) groups excluding carboxylic acids is 1. The molecule has 1 heterocycles. The summed E-state index contributed by atoms with van der Waals surface area (Å²) in [6.07, 6.45) is 4.29. The maximum Gasteiger partial charge on any atom is 0.275 e. The zero-order valence-corrected chi connectivity index (χ0v) is 14.3. The Morgan fingerprint density at radius 3 is 2.58 bits per heavy atom. The minimum absolute atomic E-state index is 0.143. The van der Waals surface area contributed by atoms with Gasteiger partial charge in [0, 0.05) is 11.4 Å². The van der Waals surface area contributed by atoms with Gasteiger partial charge in [0.05, 0.1) is 0 Å². The summed E-state index contributed by atoms with van der Waals surface area (Å²) in [5.74, 6) is 0.562. The van der Waals surface area contributed by atoms with Crippen LogP contribution in [0.1, 0.15) is 30.0 Å². The number of rotatable bonds is 5. The quantitative estimate of drug-likeness (QED) is 0.806. The molecule has 1 N–H and O–H groups in total. The highest BCUT2D eigenvalue weighted by Gasteiger charge is 2.19. The third-order valence-corrected chi connectivity index (χ3v) is 4.21. The molecule has 122 valence electrons. The van der Waals surface area contributed by atoms with Crippen molar-refractivity contribution >= 4 is 29.4 Å². The van der Waals surface area contributed by atoms with Gasteiger partial charge >= 0.3 is 0 Å². The van der Waals surface area contributed by atoms with E-state index in [9.17, 15) is 4.79 Å². The fraction of sp³-hybridized carbons (Fsp3) is 0.200. The number of halogens is 1. The smallest absolute Gasteiger partial charge is 0.275 e. The van der Waals surface area contributed by atoms with Crippen molar-refractivity contribution in [3.8, 4) is 0 Å². The highest BCUT2D eigenvalue weighted by atomic mass is 35.5. The monoisotopic (exact) mass is 338 g/mol. The van der Waals surface area contributed by atoms with Crippen molar-refractivity contribution < 1.29 is 4.79 Å². The molecule has 0 spiro atoms. The molecule has 24 heavy (non-hydrogen) atoms. The van der Waals surface area contributed by atoms with Crippen molar-refractivity contribution in [3.63, 3.8) is 0 Å². The molecule has 3 nitrogen and oxygen atoms in total. The summed E-state index contributed by atoms with van der Waals surface area (Å²) in [6, 6.07) is 15.9. The van der Waals surface area contributed by atoms with Crippen molar-refractivity contribution in [1.29, 1.82) is 0 Å². The van der Waals surface area contributed by atoms with Gasteiger partial charge in [0.1, 0.15) is 11.5 Å². The molecule has 1 aliphatic rings.